The van der Waals surface area contributed by atoms with Gasteiger partial charge in [0.15, 0.2) is 9.84 Å². The molecule has 1 aliphatic heterocycles. The first-order chi connectivity index (χ1) is 15.3. The first-order valence-electron chi connectivity index (χ1n) is 10.5. The number of nitrogens with one attached hydrogen (secondary N) is 1. The fourth-order valence-electron chi connectivity index (χ4n) is 3.96. The zero-order valence-corrected chi connectivity index (χ0v) is 18.3. The number of sulfone groups is 1. The van der Waals surface area contributed by atoms with Crippen LogP contribution in [0.2, 0.25) is 0 Å². The van der Waals surface area contributed by atoms with E-state index in [2.05, 4.69) is 5.32 Å². The van der Waals surface area contributed by atoms with Gasteiger partial charge in [0.2, 0.25) is 11.8 Å². The van der Waals surface area contributed by atoms with Crippen LogP contribution in [0, 0.1) is 5.82 Å². The van der Waals surface area contributed by atoms with Crippen molar-refractivity contribution in [3.05, 3.63) is 60.5 Å². The summed E-state index contributed by atoms with van der Waals surface area (Å²) in [6.45, 7) is 1.47. The van der Waals surface area contributed by atoms with Crippen LogP contribution in [0.3, 0.4) is 0 Å². The lowest BCUT2D eigenvalue weighted by Crippen LogP contribution is -2.37. The first kappa shape index (κ1) is 22.0. The second-order valence-corrected chi connectivity index (χ2v) is 9.85. The largest absolute Gasteiger partial charge is 0.341 e. The van der Waals surface area contributed by atoms with Crippen molar-refractivity contribution >= 4 is 38.2 Å². The molecular weight excluding hydrogens is 433 g/mol. The van der Waals surface area contributed by atoms with Crippen molar-refractivity contribution in [2.75, 3.05) is 24.2 Å². The summed E-state index contributed by atoms with van der Waals surface area (Å²) in [7, 11) is -3.99. The Morgan fingerprint density at radius 1 is 0.969 bits per heavy atom. The number of para-hydroxylation sites is 1. The maximum Gasteiger partial charge on any atom is 0.242 e. The number of piperidine rings is 1. The molecule has 0 atom stereocenters. The molecule has 1 saturated heterocycles. The van der Waals surface area contributed by atoms with E-state index < -0.39 is 27.3 Å². The summed E-state index contributed by atoms with van der Waals surface area (Å²) in [5, 5.41) is 2.94. The number of hydrogen-bond acceptors (Lipinski definition) is 4. The van der Waals surface area contributed by atoms with Gasteiger partial charge in [0.1, 0.15) is 18.1 Å². The minimum absolute atomic E-state index is 0.00815. The summed E-state index contributed by atoms with van der Waals surface area (Å²) in [5.41, 5.74) is 0.927. The van der Waals surface area contributed by atoms with E-state index in [0.29, 0.717) is 29.7 Å². The Kier molecular flexibility index (Phi) is 6.27. The number of aromatic nitrogens is 1. The normalized spacial score (nSPS) is 14.5. The Morgan fingerprint density at radius 2 is 1.66 bits per heavy atom. The highest BCUT2D eigenvalue weighted by Gasteiger charge is 2.26. The molecule has 2 aromatic carbocycles. The predicted octanol–water partition coefficient (Wildman–Crippen LogP) is 3.21. The lowest BCUT2D eigenvalue weighted by atomic mass is 10.1. The summed E-state index contributed by atoms with van der Waals surface area (Å²) in [4.78, 5) is 26.9. The Morgan fingerprint density at radius 3 is 2.38 bits per heavy atom. The highest BCUT2D eigenvalue weighted by atomic mass is 32.2. The van der Waals surface area contributed by atoms with Gasteiger partial charge >= 0.3 is 0 Å². The van der Waals surface area contributed by atoms with E-state index in [4.69, 9.17) is 0 Å². The van der Waals surface area contributed by atoms with Crippen LogP contribution in [0.4, 0.5) is 10.1 Å². The van der Waals surface area contributed by atoms with E-state index in [1.807, 2.05) is 4.90 Å². The first-order valence-corrected chi connectivity index (χ1v) is 12.1. The third-order valence-corrected chi connectivity index (χ3v) is 7.19. The topological polar surface area (TPSA) is 88.5 Å². The van der Waals surface area contributed by atoms with Gasteiger partial charge in [-0.25, -0.2) is 12.8 Å². The highest BCUT2D eigenvalue weighted by Crippen LogP contribution is 2.27. The van der Waals surface area contributed by atoms with Gasteiger partial charge < -0.3 is 14.8 Å². The second-order valence-electron chi connectivity index (χ2n) is 7.89. The number of hydrogen-bond donors (Lipinski definition) is 1. The third kappa shape index (κ3) is 4.83. The summed E-state index contributed by atoms with van der Waals surface area (Å²) < 4.78 is 40.8. The third-order valence-electron chi connectivity index (χ3n) is 5.55. The molecule has 0 aliphatic carbocycles. The number of anilines is 1. The maximum absolute atomic E-state index is 13.1. The molecule has 32 heavy (non-hydrogen) atoms. The monoisotopic (exact) mass is 457 g/mol. The minimum Gasteiger partial charge on any atom is -0.341 e. The zero-order chi connectivity index (χ0) is 22.7. The van der Waals surface area contributed by atoms with E-state index in [1.165, 1.54) is 30.5 Å². The Labute approximate surface area is 185 Å². The van der Waals surface area contributed by atoms with Gasteiger partial charge in [-0.2, -0.15) is 0 Å². The molecule has 1 N–H and O–H groups in total. The van der Waals surface area contributed by atoms with Crippen LogP contribution in [0.25, 0.3) is 10.9 Å². The molecule has 3 aromatic rings. The number of carbonyl (C=O) groups is 2. The summed E-state index contributed by atoms with van der Waals surface area (Å²) >= 11 is 0. The van der Waals surface area contributed by atoms with Crippen LogP contribution < -0.4 is 5.32 Å². The standard InChI is InChI=1S/C23H24FN3O4S/c24-17-8-10-18(11-9-17)25-22(28)16-32(30,31)21-14-27(20-7-3-2-6-19(20)21)15-23(29)26-12-4-1-5-13-26/h2-3,6-11,14H,1,4-5,12-13,15-16H2,(H,25,28). The number of amides is 2. The smallest absolute Gasteiger partial charge is 0.242 e. The van der Waals surface area contributed by atoms with Crippen LogP contribution >= 0.6 is 0 Å². The molecule has 4 rings (SSSR count). The fraction of sp³-hybridized carbons (Fsp3) is 0.304. The van der Waals surface area contributed by atoms with Gasteiger partial charge in [-0.3, -0.25) is 9.59 Å². The summed E-state index contributed by atoms with van der Waals surface area (Å²) in [5.74, 6) is -2.00. The lowest BCUT2D eigenvalue weighted by molar-refractivity contribution is -0.132. The Bertz CT molecular complexity index is 1250. The van der Waals surface area contributed by atoms with Crippen LogP contribution in [0.5, 0.6) is 0 Å². The van der Waals surface area contributed by atoms with E-state index in [1.54, 1.807) is 28.8 Å². The van der Waals surface area contributed by atoms with Gasteiger partial charge in [0, 0.05) is 35.9 Å². The van der Waals surface area contributed by atoms with E-state index in [-0.39, 0.29) is 17.3 Å². The summed E-state index contributed by atoms with van der Waals surface area (Å²) in [6.07, 6.45) is 4.49. The zero-order valence-electron chi connectivity index (χ0n) is 17.5. The highest BCUT2D eigenvalue weighted by molar-refractivity contribution is 7.92. The number of likely N-dealkylation sites (tertiary alicyclic amines) is 1. The number of rotatable bonds is 6. The number of benzene rings is 2. The SMILES string of the molecule is O=C(CS(=O)(=O)c1cn(CC(=O)N2CCCCC2)c2ccccc12)Nc1ccc(F)cc1. The van der Waals surface area contributed by atoms with Crippen LogP contribution in [-0.2, 0) is 26.0 Å². The van der Waals surface area contributed by atoms with Crippen molar-refractivity contribution in [3.8, 4) is 0 Å². The minimum atomic E-state index is -3.99. The van der Waals surface area contributed by atoms with Crippen molar-refractivity contribution in [2.24, 2.45) is 0 Å². The quantitative estimate of drug-likeness (QED) is 0.616. The molecule has 0 spiro atoms. The average molecular weight is 458 g/mol. The molecule has 0 bridgehead atoms. The molecule has 1 fully saturated rings. The molecule has 7 nitrogen and oxygen atoms in total. The molecule has 2 heterocycles. The van der Waals surface area contributed by atoms with Crippen LogP contribution in [0.1, 0.15) is 19.3 Å². The number of carbonyl (C=O) groups excluding carboxylic acids is 2. The lowest BCUT2D eigenvalue weighted by Gasteiger charge is -2.27. The van der Waals surface area contributed by atoms with Crippen molar-refractivity contribution in [2.45, 2.75) is 30.7 Å². The van der Waals surface area contributed by atoms with Gasteiger partial charge in [-0.05, 0) is 49.6 Å². The number of nitrogens with zero attached hydrogens (tertiary/aromatic N) is 2. The molecule has 9 heteroatoms. The molecular formula is C23H24FN3O4S. The van der Waals surface area contributed by atoms with E-state index in [0.717, 1.165) is 19.3 Å². The van der Waals surface area contributed by atoms with Crippen molar-refractivity contribution in [1.29, 1.82) is 0 Å². The average Bonchev–Trinajstić information content (AvgIpc) is 3.15. The van der Waals surface area contributed by atoms with Gasteiger partial charge in [0.25, 0.3) is 0 Å². The molecule has 168 valence electrons. The van der Waals surface area contributed by atoms with E-state index in [9.17, 15) is 22.4 Å². The molecule has 0 unspecified atom stereocenters. The second kappa shape index (κ2) is 9.12. The maximum atomic E-state index is 13.1. The molecule has 1 aromatic heterocycles. The Balaban J connectivity index is 1.56. The summed E-state index contributed by atoms with van der Waals surface area (Å²) in [6, 6.07) is 12.0. The van der Waals surface area contributed by atoms with Gasteiger partial charge in [-0.15, -0.1) is 0 Å². The predicted molar refractivity (Wildman–Crippen MR) is 119 cm³/mol. The molecule has 0 radical (unpaired) electrons. The molecule has 1 aliphatic rings. The van der Waals surface area contributed by atoms with Crippen LogP contribution in [0.15, 0.2) is 59.6 Å². The van der Waals surface area contributed by atoms with Crippen molar-refractivity contribution < 1.29 is 22.4 Å². The van der Waals surface area contributed by atoms with E-state index >= 15 is 0 Å². The van der Waals surface area contributed by atoms with Crippen molar-refractivity contribution in [3.63, 3.8) is 0 Å². The number of fused-ring (bicyclic) bond motifs is 1. The Hall–Kier alpha value is -3.20. The van der Waals surface area contributed by atoms with Gasteiger partial charge in [0.05, 0.1) is 4.90 Å². The molecule has 0 saturated carbocycles. The molecule has 2 amide bonds. The fourth-order valence-corrected chi connectivity index (χ4v) is 5.33. The van der Waals surface area contributed by atoms with Crippen LogP contribution in [-0.4, -0.2) is 48.5 Å². The number of halogens is 1. The van der Waals surface area contributed by atoms with Gasteiger partial charge in [-0.1, -0.05) is 18.2 Å². The van der Waals surface area contributed by atoms with Crippen molar-refractivity contribution in [1.82, 2.24) is 9.47 Å².